The third kappa shape index (κ3) is 5.58. The van der Waals surface area contributed by atoms with Crippen LogP contribution in [0.1, 0.15) is 26.3 Å². The first kappa shape index (κ1) is 19.0. The van der Waals surface area contributed by atoms with Gasteiger partial charge in [0.15, 0.2) is 0 Å². The van der Waals surface area contributed by atoms with E-state index < -0.39 is 5.91 Å². The minimum Gasteiger partial charge on any atom is -0.490 e. The highest BCUT2D eigenvalue weighted by atomic mass is 79.9. The van der Waals surface area contributed by atoms with E-state index >= 15 is 0 Å². The summed E-state index contributed by atoms with van der Waals surface area (Å²) in [5, 5.41) is 0. The summed E-state index contributed by atoms with van der Waals surface area (Å²) < 4.78 is 11.1. The zero-order valence-corrected chi connectivity index (χ0v) is 15.6. The molecular weight excluding hydrogens is 388 g/mol. The largest absolute Gasteiger partial charge is 0.490 e. The van der Waals surface area contributed by atoms with Crippen molar-refractivity contribution in [2.45, 2.75) is 6.92 Å². The van der Waals surface area contributed by atoms with E-state index in [0.717, 1.165) is 5.56 Å². The predicted molar refractivity (Wildman–Crippen MR) is 97.6 cm³/mol. The number of carbonyl (C=O) groups is 2. The number of halogens is 1. The molecule has 0 saturated carbocycles. The Morgan fingerprint density at radius 2 is 1.68 bits per heavy atom. The molecule has 25 heavy (non-hydrogen) atoms. The van der Waals surface area contributed by atoms with E-state index in [1.165, 1.54) is 0 Å². The summed E-state index contributed by atoms with van der Waals surface area (Å²) >= 11 is 3.36. The first-order valence-electron chi connectivity index (χ1n) is 7.60. The van der Waals surface area contributed by atoms with Crippen LogP contribution in [0.15, 0.2) is 46.9 Å². The lowest BCUT2D eigenvalue weighted by atomic mass is 10.1. The van der Waals surface area contributed by atoms with Crippen LogP contribution in [0.2, 0.25) is 0 Å². The average molecular weight is 407 g/mol. The van der Waals surface area contributed by atoms with Gasteiger partial charge in [-0.15, -0.1) is 0 Å². The van der Waals surface area contributed by atoms with Gasteiger partial charge in [0.25, 0.3) is 11.8 Å². The molecule has 0 heterocycles. The summed E-state index contributed by atoms with van der Waals surface area (Å²) in [5.41, 5.74) is 6.62. The van der Waals surface area contributed by atoms with Crippen LogP contribution < -0.4 is 15.6 Å². The van der Waals surface area contributed by atoms with Crippen molar-refractivity contribution in [3.8, 4) is 5.75 Å². The molecule has 0 saturated heterocycles. The number of aryl methyl sites for hydroxylation is 1. The number of hydrogen-bond acceptors (Lipinski definition) is 4. The summed E-state index contributed by atoms with van der Waals surface area (Å²) in [6.45, 7) is 2.77. The zero-order valence-electron chi connectivity index (χ0n) is 14.0. The van der Waals surface area contributed by atoms with Crippen molar-refractivity contribution in [2.24, 2.45) is 0 Å². The molecule has 0 fully saturated rings. The highest BCUT2D eigenvalue weighted by molar-refractivity contribution is 9.10. The highest BCUT2D eigenvalue weighted by Crippen LogP contribution is 2.25. The van der Waals surface area contributed by atoms with E-state index in [0.29, 0.717) is 34.6 Å². The number of ether oxygens (including phenoxy) is 2. The molecule has 2 amide bonds. The van der Waals surface area contributed by atoms with Crippen molar-refractivity contribution in [3.63, 3.8) is 0 Å². The number of hydrazine groups is 1. The number of carbonyl (C=O) groups excluding carboxylic acids is 2. The maximum absolute atomic E-state index is 12.2. The second-order valence-electron chi connectivity index (χ2n) is 5.26. The van der Waals surface area contributed by atoms with Gasteiger partial charge in [-0.2, -0.15) is 0 Å². The summed E-state index contributed by atoms with van der Waals surface area (Å²) in [5.74, 6) is -0.196. The van der Waals surface area contributed by atoms with Crippen molar-refractivity contribution in [1.29, 1.82) is 0 Å². The summed E-state index contributed by atoms with van der Waals surface area (Å²) in [6, 6.07) is 12.0. The molecule has 0 aromatic heterocycles. The number of nitrogens with one attached hydrogen (secondary N) is 2. The number of rotatable bonds is 6. The van der Waals surface area contributed by atoms with Crippen molar-refractivity contribution >= 4 is 27.7 Å². The number of benzene rings is 2. The average Bonchev–Trinajstić information content (AvgIpc) is 2.60. The van der Waals surface area contributed by atoms with E-state index in [9.17, 15) is 9.59 Å². The minimum absolute atomic E-state index is 0.379. The molecule has 0 radical (unpaired) electrons. The van der Waals surface area contributed by atoms with Crippen molar-refractivity contribution in [3.05, 3.63) is 63.6 Å². The van der Waals surface area contributed by atoms with E-state index in [4.69, 9.17) is 9.47 Å². The second-order valence-corrected chi connectivity index (χ2v) is 6.12. The van der Waals surface area contributed by atoms with Crippen LogP contribution >= 0.6 is 15.9 Å². The first-order valence-corrected chi connectivity index (χ1v) is 8.39. The molecule has 7 heteroatoms. The van der Waals surface area contributed by atoms with Gasteiger partial charge < -0.3 is 9.47 Å². The van der Waals surface area contributed by atoms with Gasteiger partial charge in [-0.05, 0) is 53.2 Å². The fraction of sp³-hybridized carbons (Fsp3) is 0.222. The van der Waals surface area contributed by atoms with E-state index in [2.05, 4.69) is 26.8 Å². The van der Waals surface area contributed by atoms with Crippen LogP contribution in [0.5, 0.6) is 5.75 Å². The fourth-order valence-corrected chi connectivity index (χ4v) is 2.53. The molecule has 2 rings (SSSR count). The minimum atomic E-state index is -0.426. The van der Waals surface area contributed by atoms with Crippen LogP contribution in [0.25, 0.3) is 0 Å². The Bertz CT molecular complexity index is 764. The highest BCUT2D eigenvalue weighted by Gasteiger charge is 2.11. The zero-order chi connectivity index (χ0) is 18.2. The van der Waals surface area contributed by atoms with Crippen LogP contribution in [-0.2, 0) is 4.74 Å². The molecule has 6 nitrogen and oxygen atoms in total. The van der Waals surface area contributed by atoms with E-state index in [1.54, 1.807) is 43.5 Å². The van der Waals surface area contributed by atoms with E-state index in [-0.39, 0.29) is 5.91 Å². The quantitative estimate of drug-likeness (QED) is 0.571. The lowest BCUT2D eigenvalue weighted by molar-refractivity contribution is 0.0846. The predicted octanol–water partition coefficient (Wildman–Crippen LogP) is 2.86. The van der Waals surface area contributed by atoms with Crippen LogP contribution in [-0.4, -0.2) is 32.1 Å². The topological polar surface area (TPSA) is 76.7 Å². The van der Waals surface area contributed by atoms with E-state index in [1.807, 2.05) is 13.0 Å². The van der Waals surface area contributed by atoms with Gasteiger partial charge in [0.2, 0.25) is 0 Å². The SMILES string of the molecule is COCCOc1ccc(C(=O)NNC(=O)c2cccc(C)c2)cc1Br. The number of methoxy groups -OCH3 is 1. The Hall–Kier alpha value is -2.38. The molecule has 0 aliphatic rings. The van der Waals surface area contributed by atoms with Crippen LogP contribution in [0.4, 0.5) is 0 Å². The van der Waals surface area contributed by atoms with Crippen molar-refractivity contribution < 1.29 is 19.1 Å². The summed E-state index contributed by atoms with van der Waals surface area (Å²) in [6.07, 6.45) is 0. The molecule has 2 aromatic carbocycles. The molecule has 2 aromatic rings. The van der Waals surface area contributed by atoms with Gasteiger partial charge in [0.1, 0.15) is 12.4 Å². The Kier molecular flexibility index (Phi) is 6.97. The number of hydrogen-bond donors (Lipinski definition) is 2. The van der Waals surface area contributed by atoms with Gasteiger partial charge in [-0.3, -0.25) is 20.4 Å². The molecule has 0 unspecified atom stereocenters. The normalized spacial score (nSPS) is 10.2. The van der Waals surface area contributed by atoms with Gasteiger partial charge >= 0.3 is 0 Å². The van der Waals surface area contributed by atoms with Gasteiger partial charge in [-0.25, -0.2) is 0 Å². The number of amides is 2. The third-order valence-corrected chi connectivity index (χ3v) is 3.93. The summed E-state index contributed by atoms with van der Waals surface area (Å²) in [4.78, 5) is 24.2. The first-order chi connectivity index (χ1) is 12.0. The smallest absolute Gasteiger partial charge is 0.269 e. The molecule has 0 aliphatic carbocycles. The molecule has 0 atom stereocenters. The molecule has 0 bridgehead atoms. The Balaban J connectivity index is 1.94. The Morgan fingerprint density at radius 3 is 2.28 bits per heavy atom. The lowest BCUT2D eigenvalue weighted by Crippen LogP contribution is -2.41. The molecule has 132 valence electrons. The van der Waals surface area contributed by atoms with Gasteiger partial charge in [0, 0.05) is 18.2 Å². The Morgan fingerprint density at radius 1 is 1.00 bits per heavy atom. The van der Waals surface area contributed by atoms with Crippen LogP contribution in [0.3, 0.4) is 0 Å². The standard InChI is InChI=1S/C18H19BrN2O4/c1-12-4-3-5-13(10-12)17(22)20-21-18(23)14-6-7-16(15(19)11-14)25-9-8-24-2/h3-7,10-11H,8-9H2,1-2H3,(H,20,22)(H,21,23). The molecule has 0 spiro atoms. The fourth-order valence-electron chi connectivity index (χ4n) is 2.04. The van der Waals surface area contributed by atoms with Gasteiger partial charge in [0.05, 0.1) is 11.1 Å². The molecule has 0 aliphatic heterocycles. The maximum Gasteiger partial charge on any atom is 0.269 e. The lowest BCUT2D eigenvalue weighted by Gasteiger charge is -2.10. The van der Waals surface area contributed by atoms with Crippen LogP contribution in [0, 0.1) is 6.92 Å². The molecule has 2 N–H and O–H groups in total. The maximum atomic E-state index is 12.2. The second kappa shape index (κ2) is 9.19. The van der Waals surface area contributed by atoms with Crippen molar-refractivity contribution in [2.75, 3.05) is 20.3 Å². The van der Waals surface area contributed by atoms with Crippen molar-refractivity contribution in [1.82, 2.24) is 10.9 Å². The Labute approximate surface area is 154 Å². The molecular formula is C18H19BrN2O4. The van der Waals surface area contributed by atoms with Gasteiger partial charge in [-0.1, -0.05) is 17.7 Å². The summed E-state index contributed by atoms with van der Waals surface area (Å²) in [7, 11) is 1.59. The third-order valence-electron chi connectivity index (χ3n) is 3.31. The monoisotopic (exact) mass is 406 g/mol.